The van der Waals surface area contributed by atoms with Crippen LogP contribution in [0.15, 0.2) is 24.3 Å². The molecule has 0 bridgehead atoms. The summed E-state index contributed by atoms with van der Waals surface area (Å²) in [5.41, 5.74) is 1.56. The summed E-state index contributed by atoms with van der Waals surface area (Å²) in [5.74, 6) is 0.123. The Morgan fingerprint density at radius 2 is 2.44 bits per heavy atom. The Balaban J connectivity index is 1.99. The SMILES string of the molecule is O=C(Nc1cccc(CO)c1)C1CCNC1. The summed E-state index contributed by atoms with van der Waals surface area (Å²) in [6, 6.07) is 7.28. The van der Waals surface area contributed by atoms with Crippen molar-refractivity contribution in [2.45, 2.75) is 13.0 Å². The van der Waals surface area contributed by atoms with Crippen LogP contribution in [-0.2, 0) is 11.4 Å². The lowest BCUT2D eigenvalue weighted by molar-refractivity contribution is -0.119. The summed E-state index contributed by atoms with van der Waals surface area (Å²) in [6.07, 6.45) is 0.894. The lowest BCUT2D eigenvalue weighted by Gasteiger charge is -2.10. The van der Waals surface area contributed by atoms with E-state index < -0.39 is 0 Å². The normalized spacial score (nSPS) is 19.7. The van der Waals surface area contributed by atoms with Gasteiger partial charge in [0.15, 0.2) is 0 Å². The van der Waals surface area contributed by atoms with Crippen molar-refractivity contribution >= 4 is 11.6 Å². The zero-order chi connectivity index (χ0) is 11.4. The van der Waals surface area contributed by atoms with Crippen LogP contribution in [0.4, 0.5) is 5.69 Å². The first-order chi connectivity index (χ1) is 7.79. The molecule has 0 aromatic heterocycles. The van der Waals surface area contributed by atoms with Gasteiger partial charge in [-0.05, 0) is 30.7 Å². The third kappa shape index (κ3) is 2.59. The minimum absolute atomic E-state index is 0.00526. The van der Waals surface area contributed by atoms with Crippen LogP contribution in [0.3, 0.4) is 0 Å². The molecule has 1 amide bonds. The van der Waals surface area contributed by atoms with E-state index in [1.54, 1.807) is 6.07 Å². The van der Waals surface area contributed by atoms with Gasteiger partial charge in [0.05, 0.1) is 12.5 Å². The van der Waals surface area contributed by atoms with Crippen LogP contribution in [0.25, 0.3) is 0 Å². The fourth-order valence-electron chi connectivity index (χ4n) is 1.87. The number of amides is 1. The highest BCUT2D eigenvalue weighted by atomic mass is 16.3. The van der Waals surface area contributed by atoms with E-state index in [4.69, 9.17) is 5.11 Å². The number of hydrogen-bond donors (Lipinski definition) is 3. The van der Waals surface area contributed by atoms with Gasteiger partial charge in [-0.2, -0.15) is 0 Å². The third-order valence-electron chi connectivity index (χ3n) is 2.81. The van der Waals surface area contributed by atoms with Gasteiger partial charge in [0.2, 0.25) is 5.91 Å². The molecule has 1 fully saturated rings. The molecule has 4 nitrogen and oxygen atoms in total. The van der Waals surface area contributed by atoms with E-state index in [2.05, 4.69) is 10.6 Å². The highest BCUT2D eigenvalue weighted by Gasteiger charge is 2.22. The molecule has 0 aliphatic carbocycles. The molecule has 4 heteroatoms. The quantitative estimate of drug-likeness (QED) is 0.703. The van der Waals surface area contributed by atoms with Crippen molar-refractivity contribution < 1.29 is 9.90 Å². The summed E-state index contributed by atoms with van der Waals surface area (Å²) in [4.78, 5) is 11.8. The zero-order valence-electron chi connectivity index (χ0n) is 9.07. The Labute approximate surface area is 94.7 Å². The molecular formula is C12H16N2O2. The van der Waals surface area contributed by atoms with Crippen molar-refractivity contribution in [1.82, 2.24) is 5.32 Å². The van der Waals surface area contributed by atoms with Crippen molar-refractivity contribution in [2.75, 3.05) is 18.4 Å². The molecule has 3 N–H and O–H groups in total. The largest absolute Gasteiger partial charge is 0.392 e. The molecule has 0 saturated carbocycles. The number of carbonyl (C=O) groups excluding carboxylic acids is 1. The summed E-state index contributed by atoms with van der Waals surface area (Å²) < 4.78 is 0. The maximum Gasteiger partial charge on any atom is 0.228 e. The van der Waals surface area contributed by atoms with Crippen LogP contribution in [0.2, 0.25) is 0 Å². The zero-order valence-corrected chi connectivity index (χ0v) is 9.07. The van der Waals surface area contributed by atoms with E-state index in [9.17, 15) is 4.79 Å². The summed E-state index contributed by atoms with van der Waals surface area (Å²) in [5, 5.41) is 15.0. The Kier molecular flexibility index (Phi) is 3.54. The van der Waals surface area contributed by atoms with E-state index in [-0.39, 0.29) is 18.4 Å². The predicted octanol–water partition coefficient (Wildman–Crippen LogP) is 0.727. The molecular weight excluding hydrogens is 204 g/mol. The highest BCUT2D eigenvalue weighted by Crippen LogP contribution is 2.14. The van der Waals surface area contributed by atoms with Crippen molar-refractivity contribution in [3.63, 3.8) is 0 Å². The average Bonchev–Trinajstić information content (AvgIpc) is 2.83. The van der Waals surface area contributed by atoms with Crippen molar-refractivity contribution in [3.05, 3.63) is 29.8 Å². The van der Waals surface area contributed by atoms with Crippen molar-refractivity contribution in [3.8, 4) is 0 Å². The van der Waals surface area contributed by atoms with Crippen molar-refractivity contribution in [1.29, 1.82) is 0 Å². The van der Waals surface area contributed by atoms with Gasteiger partial charge in [-0.3, -0.25) is 4.79 Å². The molecule has 16 heavy (non-hydrogen) atoms. The van der Waals surface area contributed by atoms with Crippen LogP contribution in [0, 0.1) is 5.92 Å². The monoisotopic (exact) mass is 220 g/mol. The lowest BCUT2D eigenvalue weighted by Crippen LogP contribution is -2.24. The molecule has 1 aromatic carbocycles. The second-order valence-electron chi connectivity index (χ2n) is 4.04. The van der Waals surface area contributed by atoms with Gasteiger partial charge < -0.3 is 15.7 Å². The van der Waals surface area contributed by atoms with Crippen LogP contribution >= 0.6 is 0 Å². The minimum Gasteiger partial charge on any atom is -0.392 e. The van der Waals surface area contributed by atoms with Crippen LogP contribution in [0.5, 0.6) is 0 Å². The lowest BCUT2D eigenvalue weighted by atomic mass is 10.1. The number of rotatable bonds is 3. The Morgan fingerprint density at radius 1 is 1.56 bits per heavy atom. The predicted molar refractivity (Wildman–Crippen MR) is 62.0 cm³/mol. The first-order valence-corrected chi connectivity index (χ1v) is 5.51. The molecule has 1 aromatic rings. The van der Waals surface area contributed by atoms with Crippen LogP contribution in [-0.4, -0.2) is 24.1 Å². The molecule has 1 heterocycles. The Hall–Kier alpha value is -1.39. The number of anilines is 1. The average molecular weight is 220 g/mol. The second-order valence-corrected chi connectivity index (χ2v) is 4.04. The van der Waals surface area contributed by atoms with Gasteiger partial charge in [-0.15, -0.1) is 0 Å². The second kappa shape index (κ2) is 5.09. The first-order valence-electron chi connectivity index (χ1n) is 5.51. The van der Waals surface area contributed by atoms with Gasteiger partial charge in [0, 0.05) is 12.2 Å². The number of nitrogens with one attached hydrogen (secondary N) is 2. The topological polar surface area (TPSA) is 61.4 Å². The highest BCUT2D eigenvalue weighted by molar-refractivity contribution is 5.92. The molecule has 0 radical (unpaired) electrons. The molecule has 1 atom stereocenters. The Bertz CT molecular complexity index is 373. The van der Waals surface area contributed by atoms with E-state index >= 15 is 0 Å². The molecule has 86 valence electrons. The summed E-state index contributed by atoms with van der Waals surface area (Å²) in [6.45, 7) is 1.66. The van der Waals surface area contributed by atoms with Gasteiger partial charge in [0.1, 0.15) is 0 Å². The molecule has 2 rings (SSSR count). The molecule has 1 aliphatic heterocycles. The summed E-state index contributed by atoms with van der Waals surface area (Å²) >= 11 is 0. The first kappa shape index (κ1) is 11.1. The van der Waals surface area contributed by atoms with Crippen LogP contribution < -0.4 is 10.6 Å². The molecule has 1 saturated heterocycles. The number of aliphatic hydroxyl groups excluding tert-OH is 1. The van der Waals surface area contributed by atoms with Gasteiger partial charge in [-0.1, -0.05) is 12.1 Å². The maximum atomic E-state index is 11.8. The van der Waals surface area contributed by atoms with E-state index in [0.717, 1.165) is 30.8 Å². The number of benzene rings is 1. The molecule has 1 unspecified atom stereocenters. The number of aliphatic hydroxyl groups is 1. The van der Waals surface area contributed by atoms with Crippen molar-refractivity contribution in [2.24, 2.45) is 5.92 Å². The van der Waals surface area contributed by atoms with Gasteiger partial charge >= 0.3 is 0 Å². The van der Waals surface area contributed by atoms with E-state index in [1.807, 2.05) is 18.2 Å². The van der Waals surface area contributed by atoms with E-state index in [0.29, 0.717) is 0 Å². The number of hydrogen-bond acceptors (Lipinski definition) is 3. The fraction of sp³-hybridized carbons (Fsp3) is 0.417. The smallest absolute Gasteiger partial charge is 0.228 e. The molecule has 0 spiro atoms. The van der Waals surface area contributed by atoms with E-state index in [1.165, 1.54) is 0 Å². The molecule has 1 aliphatic rings. The Morgan fingerprint density at radius 3 is 3.12 bits per heavy atom. The van der Waals surface area contributed by atoms with Crippen LogP contribution in [0.1, 0.15) is 12.0 Å². The maximum absolute atomic E-state index is 11.8. The number of carbonyl (C=O) groups is 1. The van der Waals surface area contributed by atoms with Gasteiger partial charge in [-0.25, -0.2) is 0 Å². The third-order valence-corrected chi connectivity index (χ3v) is 2.81. The minimum atomic E-state index is -0.00526. The van der Waals surface area contributed by atoms with Gasteiger partial charge in [0.25, 0.3) is 0 Å². The summed E-state index contributed by atoms with van der Waals surface area (Å²) in [7, 11) is 0. The fourth-order valence-corrected chi connectivity index (χ4v) is 1.87. The standard InChI is InChI=1S/C12H16N2O2/c15-8-9-2-1-3-11(6-9)14-12(16)10-4-5-13-7-10/h1-3,6,10,13,15H,4-5,7-8H2,(H,14,16).